The van der Waals surface area contributed by atoms with Crippen molar-refractivity contribution >= 4 is 10.8 Å². The average Bonchev–Trinajstić information content (AvgIpc) is 1.65. The lowest BCUT2D eigenvalue weighted by Gasteiger charge is -1.92. The van der Waals surface area contributed by atoms with Crippen LogP contribution in [0, 0.1) is 0 Å². The Hall–Kier alpha value is -0.110. The van der Waals surface area contributed by atoms with Crippen LogP contribution in [0.4, 0.5) is 0 Å². The van der Waals surface area contributed by atoms with Gasteiger partial charge in [-0.2, -0.15) is 0 Å². The van der Waals surface area contributed by atoms with Gasteiger partial charge in [0.15, 0.2) is 0 Å². The van der Waals surface area contributed by atoms with Crippen molar-refractivity contribution in [2.45, 2.75) is 13.8 Å². The van der Waals surface area contributed by atoms with E-state index in [0.29, 0.717) is 0 Å². The molecular weight excluding hydrogens is 120 g/mol. The van der Waals surface area contributed by atoms with Gasteiger partial charge in [-0.3, -0.25) is 4.21 Å². The van der Waals surface area contributed by atoms with Crippen LogP contribution in [0.3, 0.4) is 0 Å². The molecule has 1 unspecified atom stereocenters. The van der Waals surface area contributed by atoms with E-state index in [1.807, 2.05) is 19.9 Å². The van der Waals surface area contributed by atoms with Gasteiger partial charge >= 0.3 is 0 Å². The van der Waals surface area contributed by atoms with Crippen molar-refractivity contribution in [3.63, 3.8) is 0 Å². The highest BCUT2D eigenvalue weighted by molar-refractivity contribution is 7.84. The maximum atomic E-state index is 10.5. The molecule has 0 spiro atoms. The number of hydrogen-bond donors (Lipinski definition) is 0. The maximum absolute atomic E-state index is 10.5. The Morgan fingerprint density at radius 3 is 2.38 bits per heavy atom. The van der Waals surface area contributed by atoms with E-state index in [9.17, 15) is 4.21 Å². The van der Waals surface area contributed by atoms with E-state index in [1.165, 1.54) is 5.57 Å². The van der Waals surface area contributed by atoms with Gasteiger partial charge in [0.25, 0.3) is 0 Å². The molecule has 0 N–H and O–H groups in total. The minimum Gasteiger partial charge on any atom is -0.260 e. The molecule has 0 bridgehead atoms. The minimum atomic E-state index is -0.664. The summed E-state index contributed by atoms with van der Waals surface area (Å²) in [4.78, 5) is 0. The highest BCUT2D eigenvalue weighted by Crippen LogP contribution is 1.92. The summed E-state index contributed by atoms with van der Waals surface area (Å²) in [7, 11) is -0.664. The van der Waals surface area contributed by atoms with Gasteiger partial charge in [-0.05, 0) is 13.8 Å². The molecule has 0 aliphatic heterocycles. The summed E-state index contributed by atoms with van der Waals surface area (Å²) in [5.41, 5.74) is 1.20. The van der Waals surface area contributed by atoms with Crippen LogP contribution in [0.1, 0.15) is 13.8 Å². The zero-order chi connectivity index (χ0) is 6.57. The Balaban J connectivity index is 3.56. The fourth-order valence-electron chi connectivity index (χ4n) is 0.404. The summed E-state index contributed by atoms with van der Waals surface area (Å²) < 4.78 is 10.5. The van der Waals surface area contributed by atoms with Gasteiger partial charge in [0, 0.05) is 22.8 Å². The first kappa shape index (κ1) is 7.89. The first-order chi connectivity index (χ1) is 3.66. The van der Waals surface area contributed by atoms with Crippen molar-refractivity contribution < 1.29 is 4.21 Å². The van der Waals surface area contributed by atoms with Crippen molar-refractivity contribution in [2.24, 2.45) is 0 Å². The molecule has 48 valence electrons. The summed E-state index contributed by atoms with van der Waals surface area (Å²) in [6.07, 6.45) is 3.70. The fraction of sp³-hybridized carbons (Fsp3) is 0.667. The van der Waals surface area contributed by atoms with Crippen molar-refractivity contribution in [2.75, 3.05) is 12.0 Å². The van der Waals surface area contributed by atoms with Gasteiger partial charge in [-0.25, -0.2) is 0 Å². The van der Waals surface area contributed by atoms with Crippen LogP contribution in [-0.2, 0) is 10.8 Å². The lowest BCUT2D eigenvalue weighted by Crippen LogP contribution is -1.93. The Morgan fingerprint density at radius 2 is 2.25 bits per heavy atom. The van der Waals surface area contributed by atoms with E-state index < -0.39 is 10.8 Å². The van der Waals surface area contributed by atoms with Gasteiger partial charge in [-0.1, -0.05) is 11.6 Å². The highest BCUT2D eigenvalue weighted by atomic mass is 32.2. The molecule has 2 heteroatoms. The number of allylic oxidation sites excluding steroid dienone is 1. The lowest BCUT2D eigenvalue weighted by atomic mass is 10.3. The van der Waals surface area contributed by atoms with Crippen LogP contribution in [0.5, 0.6) is 0 Å². The fourth-order valence-corrected chi connectivity index (χ4v) is 1.21. The third-order valence-electron chi connectivity index (χ3n) is 0.924. The molecule has 0 amide bonds. The molecular formula is C6H12OS. The second kappa shape index (κ2) is 3.84. The lowest BCUT2D eigenvalue weighted by molar-refractivity contribution is 0.688. The number of hydrogen-bond acceptors (Lipinski definition) is 1. The van der Waals surface area contributed by atoms with Gasteiger partial charge in [-0.15, -0.1) is 0 Å². The van der Waals surface area contributed by atoms with Crippen LogP contribution in [0.25, 0.3) is 0 Å². The largest absolute Gasteiger partial charge is 0.260 e. The smallest absolute Gasteiger partial charge is 0.0439 e. The van der Waals surface area contributed by atoms with E-state index in [4.69, 9.17) is 0 Å². The van der Waals surface area contributed by atoms with Crippen molar-refractivity contribution in [3.8, 4) is 0 Å². The van der Waals surface area contributed by atoms with Crippen LogP contribution < -0.4 is 0 Å². The Labute approximate surface area is 53.2 Å². The molecule has 0 saturated carbocycles. The van der Waals surface area contributed by atoms with Crippen molar-refractivity contribution in [1.29, 1.82) is 0 Å². The molecule has 8 heavy (non-hydrogen) atoms. The van der Waals surface area contributed by atoms with Gasteiger partial charge in [0.2, 0.25) is 0 Å². The van der Waals surface area contributed by atoms with Crippen LogP contribution in [0.2, 0.25) is 0 Å². The van der Waals surface area contributed by atoms with Crippen LogP contribution in [0.15, 0.2) is 11.6 Å². The third kappa shape index (κ3) is 4.06. The molecule has 1 nitrogen and oxygen atoms in total. The standard InChI is InChI=1S/C6H12OS/c1-4-6(2)5-8(3)7/h4H,5H2,1-3H3. The minimum absolute atomic E-state index is 0.664. The molecule has 0 rings (SSSR count). The second-order valence-corrected chi connectivity index (χ2v) is 3.29. The van der Waals surface area contributed by atoms with E-state index in [0.717, 1.165) is 5.75 Å². The SMILES string of the molecule is CC=C(C)CS(C)=O. The molecule has 0 aromatic heterocycles. The zero-order valence-corrected chi connectivity index (χ0v) is 6.42. The summed E-state index contributed by atoms with van der Waals surface area (Å²) in [6, 6.07) is 0. The first-order valence-corrected chi connectivity index (χ1v) is 4.31. The third-order valence-corrected chi connectivity index (χ3v) is 1.79. The molecule has 1 atom stereocenters. The summed E-state index contributed by atoms with van der Waals surface area (Å²) in [5, 5.41) is 0. The maximum Gasteiger partial charge on any atom is 0.0439 e. The van der Waals surface area contributed by atoms with E-state index in [-0.39, 0.29) is 0 Å². The molecule has 0 aromatic rings. The molecule has 0 heterocycles. The Kier molecular flexibility index (Phi) is 3.79. The summed E-state index contributed by atoms with van der Waals surface area (Å²) in [5.74, 6) is 0.719. The predicted molar refractivity (Wildman–Crippen MR) is 38.4 cm³/mol. The Bertz CT molecular complexity index is 116. The molecule has 0 fully saturated rings. The van der Waals surface area contributed by atoms with E-state index >= 15 is 0 Å². The summed E-state index contributed by atoms with van der Waals surface area (Å²) >= 11 is 0. The Morgan fingerprint density at radius 1 is 1.75 bits per heavy atom. The van der Waals surface area contributed by atoms with Gasteiger partial charge < -0.3 is 0 Å². The molecule has 0 aliphatic carbocycles. The van der Waals surface area contributed by atoms with Gasteiger partial charge in [0.1, 0.15) is 0 Å². The topological polar surface area (TPSA) is 17.1 Å². The summed E-state index contributed by atoms with van der Waals surface area (Å²) in [6.45, 7) is 3.95. The predicted octanol–water partition coefficient (Wildman–Crippen LogP) is 1.33. The average molecular weight is 132 g/mol. The normalized spacial score (nSPS) is 16.1. The van der Waals surface area contributed by atoms with E-state index in [1.54, 1.807) is 6.26 Å². The molecule has 0 saturated heterocycles. The molecule has 0 aliphatic rings. The molecule has 0 radical (unpaired) electrons. The van der Waals surface area contributed by atoms with Gasteiger partial charge in [0.05, 0.1) is 0 Å². The second-order valence-electron chi connectivity index (χ2n) is 1.85. The number of rotatable bonds is 2. The van der Waals surface area contributed by atoms with Crippen LogP contribution in [-0.4, -0.2) is 16.2 Å². The van der Waals surface area contributed by atoms with Crippen LogP contribution >= 0.6 is 0 Å². The highest BCUT2D eigenvalue weighted by Gasteiger charge is 1.89. The molecule has 0 aromatic carbocycles. The van der Waals surface area contributed by atoms with E-state index in [2.05, 4.69) is 0 Å². The van der Waals surface area contributed by atoms with Crippen molar-refractivity contribution in [3.05, 3.63) is 11.6 Å². The quantitative estimate of drug-likeness (QED) is 0.518. The van der Waals surface area contributed by atoms with Crippen molar-refractivity contribution in [1.82, 2.24) is 0 Å². The first-order valence-electron chi connectivity index (χ1n) is 2.58. The monoisotopic (exact) mass is 132 g/mol. The zero-order valence-electron chi connectivity index (χ0n) is 5.60.